The van der Waals surface area contributed by atoms with Gasteiger partial charge in [-0.25, -0.2) is 4.98 Å². The lowest BCUT2D eigenvalue weighted by molar-refractivity contribution is -0.128. The fraction of sp³-hybridized carbons (Fsp3) is 0.529. The number of fused-ring (bicyclic) bond motifs is 1. The lowest BCUT2D eigenvalue weighted by Crippen LogP contribution is -2.40. The van der Waals surface area contributed by atoms with Crippen molar-refractivity contribution in [3.63, 3.8) is 0 Å². The first kappa shape index (κ1) is 20.8. The molecule has 1 aromatic heterocycles. The lowest BCUT2D eigenvalue weighted by atomic mass is 9.93. The number of hydrogen-bond donors (Lipinski definition) is 2. The Morgan fingerprint density at radius 1 is 1.42 bits per heavy atom. The van der Waals surface area contributed by atoms with Crippen molar-refractivity contribution in [1.82, 2.24) is 14.9 Å². The monoisotopic (exact) mass is 370 g/mol. The number of nitrogens with two attached hydrogens (primary N) is 1. The van der Waals surface area contributed by atoms with Crippen LogP contribution in [0.1, 0.15) is 31.8 Å². The summed E-state index contributed by atoms with van der Waals surface area (Å²) in [6, 6.07) is 7.96. The number of aromatic amines is 1. The van der Waals surface area contributed by atoms with Crippen LogP contribution in [0.25, 0.3) is 11.0 Å². The molecule has 24 heavy (non-hydrogen) atoms. The van der Waals surface area contributed by atoms with Gasteiger partial charge in [0.15, 0.2) is 0 Å². The van der Waals surface area contributed by atoms with Gasteiger partial charge in [0.25, 0.3) is 0 Å². The number of imidazole rings is 1. The number of nitrogens with zero attached hydrogens (tertiary/aromatic N) is 2. The standard InChI is InChI=1S/C17H26N4OS.ClH/c1-12(16-19-13-7-5-6-8-14(13)20-16)23-9-15(22)21(4)11-17(2,3)10-18;/h5-8,12H,9-11,18H2,1-4H3,(H,19,20);1H. The average Bonchev–Trinajstić information content (AvgIpc) is 2.95. The maximum Gasteiger partial charge on any atom is 0.232 e. The van der Waals surface area contributed by atoms with Crippen molar-refractivity contribution < 1.29 is 4.79 Å². The third-order valence-electron chi connectivity index (χ3n) is 3.89. The molecule has 1 aromatic carbocycles. The second-order valence-electron chi connectivity index (χ2n) is 6.71. The van der Waals surface area contributed by atoms with Gasteiger partial charge in [0.05, 0.1) is 22.0 Å². The van der Waals surface area contributed by atoms with Crippen LogP contribution < -0.4 is 5.73 Å². The van der Waals surface area contributed by atoms with E-state index in [-0.39, 0.29) is 29.0 Å². The number of aromatic nitrogens is 2. The minimum Gasteiger partial charge on any atom is -0.344 e. The van der Waals surface area contributed by atoms with Crippen molar-refractivity contribution in [1.29, 1.82) is 0 Å². The molecule has 134 valence electrons. The van der Waals surface area contributed by atoms with E-state index in [2.05, 4.69) is 30.7 Å². The summed E-state index contributed by atoms with van der Waals surface area (Å²) in [5.74, 6) is 1.48. The number of H-pyrrole nitrogens is 1. The molecule has 0 saturated carbocycles. The van der Waals surface area contributed by atoms with E-state index >= 15 is 0 Å². The molecule has 1 heterocycles. The minimum absolute atomic E-state index is 0. The fourth-order valence-corrected chi connectivity index (χ4v) is 3.23. The van der Waals surface area contributed by atoms with Crippen LogP contribution in [0, 0.1) is 5.41 Å². The summed E-state index contributed by atoms with van der Waals surface area (Å²) in [4.78, 5) is 22.0. The van der Waals surface area contributed by atoms with Gasteiger partial charge in [0, 0.05) is 13.6 Å². The predicted molar refractivity (Wildman–Crippen MR) is 105 cm³/mol. The van der Waals surface area contributed by atoms with Gasteiger partial charge >= 0.3 is 0 Å². The Kier molecular flexibility index (Phi) is 7.57. The first-order valence-electron chi connectivity index (χ1n) is 7.83. The summed E-state index contributed by atoms with van der Waals surface area (Å²) in [5, 5.41) is 0.141. The van der Waals surface area contributed by atoms with Crippen LogP contribution >= 0.6 is 24.2 Å². The Morgan fingerprint density at radius 3 is 2.71 bits per heavy atom. The van der Waals surface area contributed by atoms with E-state index in [9.17, 15) is 4.79 Å². The summed E-state index contributed by atoms with van der Waals surface area (Å²) in [7, 11) is 1.84. The largest absolute Gasteiger partial charge is 0.344 e. The number of amides is 1. The first-order valence-corrected chi connectivity index (χ1v) is 8.87. The van der Waals surface area contributed by atoms with E-state index in [1.54, 1.807) is 16.7 Å². The number of rotatable bonds is 7. The molecule has 5 nitrogen and oxygen atoms in total. The Hall–Kier alpha value is -1.24. The maximum atomic E-state index is 12.3. The third-order valence-corrected chi connectivity index (χ3v) is 5.03. The van der Waals surface area contributed by atoms with Crippen LogP contribution in [-0.2, 0) is 4.79 Å². The SMILES string of the molecule is CC(SCC(=O)N(C)CC(C)(C)CN)c1nc2ccccc2[nH]1.Cl. The molecular formula is C17H27ClN4OS. The van der Waals surface area contributed by atoms with Crippen LogP contribution in [0.3, 0.4) is 0 Å². The van der Waals surface area contributed by atoms with Crippen molar-refractivity contribution in [3.05, 3.63) is 30.1 Å². The van der Waals surface area contributed by atoms with Gasteiger partial charge in [-0.3, -0.25) is 4.79 Å². The highest BCUT2D eigenvalue weighted by atomic mass is 35.5. The highest BCUT2D eigenvalue weighted by Crippen LogP contribution is 2.28. The van der Waals surface area contributed by atoms with E-state index in [1.807, 2.05) is 31.3 Å². The van der Waals surface area contributed by atoms with Gasteiger partial charge in [-0.1, -0.05) is 26.0 Å². The molecule has 0 spiro atoms. The normalized spacial score (nSPS) is 12.7. The quantitative estimate of drug-likeness (QED) is 0.784. The van der Waals surface area contributed by atoms with Crippen molar-refractivity contribution >= 4 is 41.1 Å². The Labute approximate surface area is 154 Å². The van der Waals surface area contributed by atoms with Crippen LogP contribution in [0.15, 0.2) is 24.3 Å². The lowest BCUT2D eigenvalue weighted by Gasteiger charge is -2.29. The fourth-order valence-electron chi connectivity index (χ4n) is 2.35. The molecular weight excluding hydrogens is 344 g/mol. The summed E-state index contributed by atoms with van der Waals surface area (Å²) in [6.45, 7) is 7.44. The number of hydrogen-bond acceptors (Lipinski definition) is 4. The van der Waals surface area contributed by atoms with Crippen molar-refractivity contribution in [2.45, 2.75) is 26.0 Å². The summed E-state index contributed by atoms with van der Waals surface area (Å²) in [6.07, 6.45) is 0. The zero-order chi connectivity index (χ0) is 17.0. The van der Waals surface area contributed by atoms with Gasteiger partial charge < -0.3 is 15.6 Å². The molecule has 0 aliphatic carbocycles. The highest BCUT2D eigenvalue weighted by Gasteiger charge is 2.22. The first-order chi connectivity index (χ1) is 10.8. The molecule has 2 aromatic rings. The average molecular weight is 371 g/mol. The van der Waals surface area contributed by atoms with E-state index in [0.717, 1.165) is 16.9 Å². The molecule has 0 radical (unpaired) electrons. The number of carbonyl (C=O) groups excluding carboxylic acids is 1. The van der Waals surface area contributed by atoms with Gasteiger partial charge in [-0.05, 0) is 31.0 Å². The molecule has 3 N–H and O–H groups in total. The van der Waals surface area contributed by atoms with Gasteiger partial charge in [0.1, 0.15) is 5.82 Å². The van der Waals surface area contributed by atoms with Crippen LogP contribution in [0.5, 0.6) is 0 Å². The maximum absolute atomic E-state index is 12.3. The Balaban J connectivity index is 0.00000288. The topological polar surface area (TPSA) is 75.0 Å². The minimum atomic E-state index is -0.0561. The van der Waals surface area contributed by atoms with E-state index in [0.29, 0.717) is 18.8 Å². The summed E-state index contributed by atoms with van der Waals surface area (Å²) >= 11 is 1.60. The second-order valence-corrected chi connectivity index (χ2v) is 8.04. The second kappa shape index (κ2) is 8.74. The molecule has 0 saturated heterocycles. The number of nitrogens with one attached hydrogen (secondary N) is 1. The van der Waals surface area contributed by atoms with Crippen molar-refractivity contribution in [2.75, 3.05) is 25.9 Å². The van der Waals surface area contributed by atoms with Crippen LogP contribution in [0.2, 0.25) is 0 Å². The molecule has 0 bridgehead atoms. The Bertz CT molecular complexity index is 640. The predicted octanol–water partition coefficient (Wildman–Crippen LogP) is 3.22. The summed E-state index contributed by atoms with van der Waals surface area (Å²) < 4.78 is 0. The van der Waals surface area contributed by atoms with E-state index in [1.165, 1.54) is 0 Å². The highest BCUT2D eigenvalue weighted by molar-refractivity contribution is 8.00. The zero-order valence-corrected chi connectivity index (χ0v) is 16.3. The van der Waals surface area contributed by atoms with Gasteiger partial charge in [0.2, 0.25) is 5.91 Å². The molecule has 0 aliphatic rings. The van der Waals surface area contributed by atoms with Gasteiger partial charge in [-0.15, -0.1) is 24.2 Å². The van der Waals surface area contributed by atoms with E-state index < -0.39 is 0 Å². The number of para-hydroxylation sites is 2. The van der Waals surface area contributed by atoms with Crippen molar-refractivity contribution in [2.24, 2.45) is 11.1 Å². The number of halogens is 1. The molecule has 0 aliphatic heterocycles. The molecule has 7 heteroatoms. The Morgan fingerprint density at radius 2 is 2.08 bits per heavy atom. The summed E-state index contributed by atoms with van der Waals surface area (Å²) in [5.41, 5.74) is 7.67. The number of benzene rings is 1. The van der Waals surface area contributed by atoms with Crippen LogP contribution in [-0.4, -0.2) is 46.7 Å². The number of carbonyl (C=O) groups is 1. The molecule has 2 rings (SSSR count). The third kappa shape index (κ3) is 5.40. The zero-order valence-electron chi connectivity index (χ0n) is 14.7. The molecule has 0 fully saturated rings. The smallest absolute Gasteiger partial charge is 0.232 e. The van der Waals surface area contributed by atoms with Crippen LogP contribution in [0.4, 0.5) is 0 Å². The number of thioether (sulfide) groups is 1. The van der Waals surface area contributed by atoms with Gasteiger partial charge in [-0.2, -0.15) is 0 Å². The molecule has 1 unspecified atom stereocenters. The molecule has 1 atom stereocenters. The van der Waals surface area contributed by atoms with Crippen molar-refractivity contribution in [3.8, 4) is 0 Å². The van der Waals surface area contributed by atoms with E-state index in [4.69, 9.17) is 5.73 Å². The molecule has 1 amide bonds.